The molecule has 4 nitrogen and oxygen atoms in total. The maximum Gasteiger partial charge on any atom is 0.255 e. The van der Waals surface area contributed by atoms with Gasteiger partial charge in [0.25, 0.3) is 5.91 Å². The molecule has 1 saturated heterocycles. The van der Waals surface area contributed by atoms with E-state index in [0.717, 1.165) is 5.56 Å². The molecular formula is C16H19NO3. The molecule has 106 valence electrons. The highest BCUT2D eigenvalue weighted by Gasteiger charge is 2.23. The number of likely N-dealkylation sites (tertiary alicyclic amines) is 1. The first-order chi connectivity index (χ1) is 9.61. The SMILES string of the molecule is Cc1ccc(C#CCO)c(C(=O)N2CCC(O)CC2)c1. The van der Waals surface area contributed by atoms with Crippen molar-refractivity contribution in [1.29, 1.82) is 0 Å². The molecule has 0 aromatic heterocycles. The van der Waals surface area contributed by atoms with Crippen molar-refractivity contribution in [2.24, 2.45) is 0 Å². The maximum absolute atomic E-state index is 12.6. The van der Waals surface area contributed by atoms with E-state index in [1.165, 1.54) is 0 Å². The average Bonchev–Trinajstić information content (AvgIpc) is 2.46. The Bertz CT molecular complexity index is 549. The zero-order chi connectivity index (χ0) is 14.5. The van der Waals surface area contributed by atoms with Crippen LogP contribution in [0.15, 0.2) is 18.2 Å². The van der Waals surface area contributed by atoms with Crippen LogP contribution in [0.4, 0.5) is 0 Å². The molecule has 2 N–H and O–H groups in total. The Morgan fingerprint density at radius 3 is 2.75 bits per heavy atom. The Morgan fingerprint density at radius 2 is 2.10 bits per heavy atom. The van der Waals surface area contributed by atoms with E-state index in [1.807, 2.05) is 25.1 Å². The van der Waals surface area contributed by atoms with E-state index in [2.05, 4.69) is 11.8 Å². The number of rotatable bonds is 1. The average molecular weight is 273 g/mol. The van der Waals surface area contributed by atoms with Crippen molar-refractivity contribution in [1.82, 2.24) is 4.90 Å². The fourth-order valence-corrected chi connectivity index (χ4v) is 2.32. The standard InChI is InChI=1S/C16H19NO3/c1-12-4-5-13(3-2-10-18)15(11-12)16(20)17-8-6-14(19)7-9-17/h4-5,11,14,18-19H,6-10H2,1H3. The molecule has 0 atom stereocenters. The third-order valence-electron chi connectivity index (χ3n) is 3.46. The van der Waals surface area contributed by atoms with E-state index in [0.29, 0.717) is 37.1 Å². The van der Waals surface area contributed by atoms with Crippen LogP contribution in [0.5, 0.6) is 0 Å². The summed E-state index contributed by atoms with van der Waals surface area (Å²) in [6, 6.07) is 5.54. The van der Waals surface area contributed by atoms with Crippen LogP contribution in [0, 0.1) is 18.8 Å². The second-order valence-corrected chi connectivity index (χ2v) is 5.03. The third-order valence-corrected chi connectivity index (χ3v) is 3.46. The number of amides is 1. The molecule has 1 aliphatic rings. The van der Waals surface area contributed by atoms with E-state index < -0.39 is 0 Å². The van der Waals surface area contributed by atoms with Gasteiger partial charge in [-0.2, -0.15) is 0 Å². The van der Waals surface area contributed by atoms with Crippen LogP contribution in [0.2, 0.25) is 0 Å². The number of aliphatic hydroxyl groups is 2. The molecule has 0 saturated carbocycles. The summed E-state index contributed by atoms with van der Waals surface area (Å²) in [5, 5.41) is 18.3. The first-order valence-corrected chi connectivity index (χ1v) is 6.79. The minimum Gasteiger partial charge on any atom is -0.393 e. The molecule has 1 aliphatic heterocycles. The molecule has 20 heavy (non-hydrogen) atoms. The van der Waals surface area contributed by atoms with Gasteiger partial charge in [0.05, 0.1) is 11.7 Å². The summed E-state index contributed by atoms with van der Waals surface area (Å²) in [7, 11) is 0. The molecule has 0 radical (unpaired) electrons. The van der Waals surface area contributed by atoms with Crippen molar-refractivity contribution in [2.45, 2.75) is 25.9 Å². The van der Waals surface area contributed by atoms with Gasteiger partial charge in [0.15, 0.2) is 0 Å². The van der Waals surface area contributed by atoms with Gasteiger partial charge in [0.2, 0.25) is 0 Å². The van der Waals surface area contributed by atoms with Crippen molar-refractivity contribution in [2.75, 3.05) is 19.7 Å². The third kappa shape index (κ3) is 3.38. The summed E-state index contributed by atoms with van der Waals surface area (Å²) in [6.45, 7) is 2.85. The largest absolute Gasteiger partial charge is 0.393 e. The second kappa shape index (κ2) is 6.56. The lowest BCUT2D eigenvalue weighted by atomic mass is 10.0. The summed E-state index contributed by atoms with van der Waals surface area (Å²) < 4.78 is 0. The Balaban J connectivity index is 2.26. The van der Waals surface area contributed by atoms with Gasteiger partial charge in [-0.15, -0.1) is 0 Å². The zero-order valence-corrected chi connectivity index (χ0v) is 11.6. The van der Waals surface area contributed by atoms with Crippen molar-refractivity contribution >= 4 is 5.91 Å². The predicted molar refractivity (Wildman–Crippen MR) is 76.3 cm³/mol. The maximum atomic E-state index is 12.6. The van der Waals surface area contributed by atoms with Gasteiger partial charge in [-0.25, -0.2) is 0 Å². The molecule has 1 aromatic rings. The van der Waals surface area contributed by atoms with Gasteiger partial charge < -0.3 is 15.1 Å². The van der Waals surface area contributed by atoms with Gasteiger partial charge in [-0.05, 0) is 31.9 Å². The molecule has 4 heteroatoms. The normalized spacial score (nSPS) is 15.7. The van der Waals surface area contributed by atoms with Gasteiger partial charge in [-0.3, -0.25) is 4.79 Å². The highest BCUT2D eigenvalue weighted by atomic mass is 16.3. The molecule has 2 rings (SSSR count). The summed E-state index contributed by atoms with van der Waals surface area (Å²) >= 11 is 0. The fraction of sp³-hybridized carbons (Fsp3) is 0.438. The monoisotopic (exact) mass is 273 g/mol. The van der Waals surface area contributed by atoms with E-state index in [9.17, 15) is 9.90 Å². The molecule has 0 aliphatic carbocycles. The van der Waals surface area contributed by atoms with Crippen molar-refractivity contribution in [3.8, 4) is 11.8 Å². The Kier molecular flexibility index (Phi) is 4.78. The van der Waals surface area contributed by atoms with Gasteiger partial charge in [0, 0.05) is 18.7 Å². The number of carbonyl (C=O) groups is 1. The Labute approximate surface area is 119 Å². The Hall–Kier alpha value is -1.83. The van der Waals surface area contributed by atoms with E-state index in [1.54, 1.807) is 4.90 Å². The molecule has 1 heterocycles. The summed E-state index contributed by atoms with van der Waals surface area (Å²) in [5.41, 5.74) is 2.21. The number of benzene rings is 1. The second-order valence-electron chi connectivity index (χ2n) is 5.03. The molecule has 0 unspecified atom stereocenters. The first kappa shape index (κ1) is 14.6. The Morgan fingerprint density at radius 1 is 1.40 bits per heavy atom. The molecule has 1 fully saturated rings. The van der Waals surface area contributed by atoms with Gasteiger partial charge in [0.1, 0.15) is 6.61 Å². The number of nitrogens with zero attached hydrogens (tertiary/aromatic N) is 1. The lowest BCUT2D eigenvalue weighted by molar-refractivity contribution is 0.0546. The van der Waals surface area contributed by atoms with Crippen LogP contribution in [0.3, 0.4) is 0 Å². The molecule has 0 bridgehead atoms. The van der Waals surface area contributed by atoms with Crippen molar-refractivity contribution < 1.29 is 15.0 Å². The highest BCUT2D eigenvalue weighted by molar-refractivity contribution is 5.97. The minimum absolute atomic E-state index is 0.0529. The number of hydrogen-bond acceptors (Lipinski definition) is 3. The number of piperidine rings is 1. The summed E-state index contributed by atoms with van der Waals surface area (Å²) in [5.74, 6) is 5.35. The van der Waals surface area contributed by atoms with Crippen LogP contribution >= 0.6 is 0 Å². The number of carbonyl (C=O) groups excluding carboxylic acids is 1. The van der Waals surface area contributed by atoms with E-state index in [4.69, 9.17) is 5.11 Å². The lowest BCUT2D eigenvalue weighted by Crippen LogP contribution is -2.40. The quantitative estimate of drug-likeness (QED) is 0.749. The van der Waals surface area contributed by atoms with Crippen LogP contribution in [-0.4, -0.2) is 46.8 Å². The predicted octanol–water partition coefficient (Wildman–Crippen LogP) is 0.936. The first-order valence-electron chi connectivity index (χ1n) is 6.79. The van der Waals surface area contributed by atoms with Crippen LogP contribution in [-0.2, 0) is 0 Å². The zero-order valence-electron chi connectivity index (χ0n) is 11.6. The molecule has 1 aromatic carbocycles. The van der Waals surface area contributed by atoms with Gasteiger partial charge >= 0.3 is 0 Å². The van der Waals surface area contributed by atoms with Crippen LogP contribution in [0.25, 0.3) is 0 Å². The lowest BCUT2D eigenvalue weighted by Gasteiger charge is -2.30. The van der Waals surface area contributed by atoms with Crippen molar-refractivity contribution in [3.63, 3.8) is 0 Å². The summed E-state index contributed by atoms with van der Waals surface area (Å²) in [6.07, 6.45) is 0.940. The molecular weight excluding hydrogens is 254 g/mol. The number of aryl methyl sites for hydroxylation is 1. The van der Waals surface area contributed by atoms with E-state index >= 15 is 0 Å². The molecule has 1 amide bonds. The fourth-order valence-electron chi connectivity index (χ4n) is 2.32. The van der Waals surface area contributed by atoms with E-state index in [-0.39, 0.29) is 18.6 Å². The highest BCUT2D eigenvalue weighted by Crippen LogP contribution is 2.17. The minimum atomic E-state index is -0.301. The van der Waals surface area contributed by atoms with Gasteiger partial charge in [-0.1, -0.05) is 23.5 Å². The smallest absolute Gasteiger partial charge is 0.255 e. The van der Waals surface area contributed by atoms with Crippen LogP contribution < -0.4 is 0 Å². The molecule has 0 spiro atoms. The summed E-state index contributed by atoms with van der Waals surface area (Å²) in [4.78, 5) is 14.3. The van der Waals surface area contributed by atoms with Crippen molar-refractivity contribution in [3.05, 3.63) is 34.9 Å². The number of hydrogen-bond donors (Lipinski definition) is 2. The number of aliphatic hydroxyl groups excluding tert-OH is 2. The van der Waals surface area contributed by atoms with Crippen LogP contribution in [0.1, 0.15) is 34.3 Å². The topological polar surface area (TPSA) is 60.8 Å².